The van der Waals surface area contributed by atoms with E-state index < -0.39 is 0 Å². The summed E-state index contributed by atoms with van der Waals surface area (Å²) in [6, 6.07) is 0. The van der Waals surface area contributed by atoms with Crippen LogP contribution in [0.25, 0.3) is 15.9 Å². The predicted molar refractivity (Wildman–Crippen MR) is 128 cm³/mol. The van der Waals surface area contributed by atoms with Crippen LogP contribution in [0.3, 0.4) is 0 Å². The molecule has 0 aromatic carbocycles. The van der Waals surface area contributed by atoms with E-state index in [0.717, 1.165) is 0 Å². The molecule has 3 heterocycles. The SMILES string of the molecule is CC(C)(C)n1nc(OCCO)c2c(N)ncnc21.[C-]#[N+]c1c(OCCO)nn(C(C)(C)C)c1N. The maximum atomic E-state index is 8.81. The number of anilines is 2. The second-order valence-corrected chi connectivity index (χ2v) is 9.22. The summed E-state index contributed by atoms with van der Waals surface area (Å²) in [6.07, 6.45) is 1.40. The molecule has 0 saturated heterocycles. The van der Waals surface area contributed by atoms with Gasteiger partial charge in [0.15, 0.2) is 5.65 Å². The van der Waals surface area contributed by atoms with Gasteiger partial charge in [0, 0.05) is 0 Å². The predicted octanol–water partition coefficient (Wildman–Crippen LogP) is 1.68. The first kappa shape index (κ1) is 26.6. The summed E-state index contributed by atoms with van der Waals surface area (Å²) in [6.45, 7) is 18.9. The average Bonchev–Trinajstić information content (AvgIpc) is 3.29. The molecule has 0 radical (unpaired) electrons. The number of hydrogen-bond acceptors (Lipinski definition) is 10. The van der Waals surface area contributed by atoms with E-state index in [2.05, 4.69) is 25.0 Å². The van der Waals surface area contributed by atoms with Gasteiger partial charge in [0.1, 0.15) is 36.6 Å². The number of nitrogens with zero attached hydrogens (tertiary/aromatic N) is 7. The molecule has 0 spiro atoms. The quantitative estimate of drug-likeness (QED) is 0.383. The molecule has 0 atom stereocenters. The third kappa shape index (κ3) is 5.83. The van der Waals surface area contributed by atoms with Crippen LogP contribution in [0, 0.1) is 6.57 Å². The number of rotatable bonds is 6. The lowest BCUT2D eigenvalue weighted by atomic mass is 10.1. The van der Waals surface area contributed by atoms with Gasteiger partial charge < -0.3 is 31.2 Å². The molecule has 0 aliphatic rings. The largest absolute Gasteiger partial charge is 0.483 e. The van der Waals surface area contributed by atoms with Gasteiger partial charge >= 0.3 is 0 Å². The molecule has 3 aromatic heterocycles. The van der Waals surface area contributed by atoms with Crippen LogP contribution in [0.15, 0.2) is 6.33 Å². The third-order valence-corrected chi connectivity index (χ3v) is 4.37. The van der Waals surface area contributed by atoms with Crippen LogP contribution >= 0.6 is 0 Å². The molecule has 0 saturated carbocycles. The van der Waals surface area contributed by atoms with E-state index >= 15 is 0 Å². The number of aromatic nitrogens is 6. The Morgan fingerprint density at radius 1 is 0.912 bits per heavy atom. The molecule has 3 rings (SSSR count). The van der Waals surface area contributed by atoms with Gasteiger partial charge in [0.25, 0.3) is 5.69 Å². The summed E-state index contributed by atoms with van der Waals surface area (Å²) in [5.41, 5.74) is 11.9. The van der Waals surface area contributed by atoms with Gasteiger partial charge in [-0.3, -0.25) is 4.68 Å². The van der Waals surface area contributed by atoms with Gasteiger partial charge in [-0.2, -0.15) is 0 Å². The molecule has 0 bridgehead atoms. The number of aliphatic hydroxyl groups excluding tert-OH is 2. The van der Waals surface area contributed by atoms with Crippen LogP contribution in [0.1, 0.15) is 41.5 Å². The molecule has 0 fully saturated rings. The standard InChI is InChI=1S/C11H17N5O2.C10H16N4O2/c1-11(2,3)16-9-7(8(12)13-6-14-9)10(15-16)18-5-4-17;1-10(2,3)14-8(11)7(12-4)9(13-14)16-6-5-15/h6,17H,4-5H2,1-3H3,(H2,12,13,14);15H,5-6,11H2,1-3H3. The lowest BCUT2D eigenvalue weighted by Gasteiger charge is -2.20. The number of nitrogens with two attached hydrogens (primary N) is 2. The normalized spacial score (nSPS) is 11.6. The Morgan fingerprint density at radius 2 is 1.44 bits per heavy atom. The van der Waals surface area contributed by atoms with Crippen molar-refractivity contribution in [3.63, 3.8) is 0 Å². The lowest BCUT2D eigenvalue weighted by Crippen LogP contribution is -2.24. The second-order valence-electron chi connectivity index (χ2n) is 9.22. The first-order valence-electron chi connectivity index (χ1n) is 10.6. The van der Waals surface area contributed by atoms with E-state index in [-0.39, 0.29) is 54.9 Å². The number of ether oxygens (including phenoxy) is 2. The van der Waals surface area contributed by atoms with Gasteiger partial charge in [-0.05, 0) is 41.5 Å². The topological polar surface area (TPSA) is 177 Å². The Kier molecular flexibility index (Phi) is 8.25. The van der Waals surface area contributed by atoms with Crippen molar-refractivity contribution < 1.29 is 19.7 Å². The van der Waals surface area contributed by atoms with Crippen molar-refractivity contribution in [3.05, 3.63) is 17.7 Å². The van der Waals surface area contributed by atoms with Crippen molar-refractivity contribution in [2.75, 3.05) is 37.9 Å². The molecule has 0 amide bonds. The van der Waals surface area contributed by atoms with Crippen molar-refractivity contribution >= 4 is 28.4 Å². The fraction of sp³-hybridized carbons (Fsp3) is 0.571. The van der Waals surface area contributed by atoms with Gasteiger partial charge in [-0.25, -0.2) is 19.5 Å². The number of hydrogen-bond donors (Lipinski definition) is 4. The zero-order valence-corrected chi connectivity index (χ0v) is 20.4. The smallest absolute Gasteiger partial charge is 0.288 e. The molecule has 34 heavy (non-hydrogen) atoms. The van der Waals surface area contributed by atoms with Gasteiger partial charge in [0.05, 0.1) is 30.9 Å². The minimum atomic E-state index is -0.315. The molecule has 6 N–H and O–H groups in total. The van der Waals surface area contributed by atoms with E-state index in [1.165, 1.54) is 6.33 Å². The van der Waals surface area contributed by atoms with Crippen LogP contribution in [-0.2, 0) is 11.1 Å². The first-order chi connectivity index (χ1) is 15.9. The Balaban J connectivity index is 0.000000242. The van der Waals surface area contributed by atoms with E-state index in [9.17, 15) is 0 Å². The Morgan fingerprint density at radius 3 is 1.94 bits per heavy atom. The van der Waals surface area contributed by atoms with Crippen LogP contribution in [-0.4, -0.2) is 66.2 Å². The first-order valence-corrected chi connectivity index (χ1v) is 10.6. The second kappa shape index (κ2) is 10.5. The number of aliphatic hydroxyl groups is 2. The summed E-state index contributed by atoms with van der Waals surface area (Å²) in [4.78, 5) is 11.4. The average molecular weight is 476 g/mol. The highest BCUT2D eigenvalue weighted by molar-refractivity contribution is 5.90. The van der Waals surface area contributed by atoms with Crippen LogP contribution in [0.4, 0.5) is 17.3 Å². The molecule has 0 aliphatic heterocycles. The minimum Gasteiger partial charge on any atom is -0.483 e. The van der Waals surface area contributed by atoms with E-state index in [4.69, 9.17) is 37.7 Å². The summed E-state index contributed by atoms with van der Waals surface area (Å²) < 4.78 is 13.8. The third-order valence-electron chi connectivity index (χ3n) is 4.37. The molecule has 3 aromatic rings. The highest BCUT2D eigenvalue weighted by Crippen LogP contribution is 2.36. The molecular formula is C21H33N9O4. The van der Waals surface area contributed by atoms with Gasteiger partial charge in [-0.1, -0.05) is 0 Å². The summed E-state index contributed by atoms with van der Waals surface area (Å²) in [5.74, 6) is 1.14. The van der Waals surface area contributed by atoms with Crippen molar-refractivity contribution in [3.8, 4) is 11.8 Å². The zero-order chi connectivity index (χ0) is 25.7. The Bertz CT molecular complexity index is 1150. The number of nitrogen functional groups attached to an aromatic ring is 2. The fourth-order valence-corrected chi connectivity index (χ4v) is 2.91. The van der Waals surface area contributed by atoms with E-state index in [0.29, 0.717) is 22.7 Å². The molecule has 0 aliphatic carbocycles. The monoisotopic (exact) mass is 475 g/mol. The van der Waals surface area contributed by atoms with Gasteiger partial charge in [0.2, 0.25) is 11.8 Å². The maximum absolute atomic E-state index is 8.81. The number of fused-ring (bicyclic) bond motifs is 1. The zero-order valence-electron chi connectivity index (χ0n) is 20.4. The highest BCUT2D eigenvalue weighted by atomic mass is 16.5. The van der Waals surface area contributed by atoms with Crippen molar-refractivity contribution in [2.24, 2.45) is 0 Å². The molecule has 13 nitrogen and oxygen atoms in total. The van der Waals surface area contributed by atoms with E-state index in [1.807, 2.05) is 41.5 Å². The van der Waals surface area contributed by atoms with E-state index in [1.54, 1.807) is 9.36 Å². The Hall–Kier alpha value is -3.63. The molecule has 0 unspecified atom stereocenters. The fourth-order valence-electron chi connectivity index (χ4n) is 2.91. The van der Waals surface area contributed by atoms with Crippen molar-refractivity contribution in [2.45, 2.75) is 52.6 Å². The van der Waals surface area contributed by atoms with Crippen molar-refractivity contribution in [1.82, 2.24) is 29.5 Å². The molecular weight excluding hydrogens is 442 g/mol. The van der Waals surface area contributed by atoms with Crippen molar-refractivity contribution in [1.29, 1.82) is 0 Å². The lowest BCUT2D eigenvalue weighted by molar-refractivity contribution is 0.194. The van der Waals surface area contributed by atoms with Gasteiger partial charge in [-0.15, -0.1) is 10.2 Å². The highest BCUT2D eigenvalue weighted by Gasteiger charge is 2.25. The molecule has 186 valence electrons. The minimum absolute atomic E-state index is 0.0858. The van der Waals surface area contributed by atoms with Crippen LogP contribution in [0.5, 0.6) is 11.8 Å². The maximum Gasteiger partial charge on any atom is 0.288 e. The van der Waals surface area contributed by atoms with Crippen LogP contribution < -0.4 is 20.9 Å². The summed E-state index contributed by atoms with van der Waals surface area (Å²) in [7, 11) is 0. The Labute approximate surface area is 198 Å². The summed E-state index contributed by atoms with van der Waals surface area (Å²) in [5, 5.41) is 26.6. The summed E-state index contributed by atoms with van der Waals surface area (Å²) >= 11 is 0. The molecule has 13 heteroatoms. The van der Waals surface area contributed by atoms with Crippen LogP contribution in [0.2, 0.25) is 0 Å².